The van der Waals surface area contributed by atoms with Gasteiger partial charge in [-0.2, -0.15) is 0 Å². The minimum Gasteiger partial charge on any atom is -0.0625 e. The molecule has 1 heteroatoms. The fourth-order valence-corrected chi connectivity index (χ4v) is 1.67. The third kappa shape index (κ3) is 5.77. The molecule has 11 heavy (non-hydrogen) atoms. The van der Waals surface area contributed by atoms with E-state index in [0.717, 1.165) is 24.2 Å². The Kier molecular flexibility index (Phi) is 9.21. The van der Waals surface area contributed by atoms with Crippen LogP contribution >= 0.6 is 0 Å². The summed E-state index contributed by atoms with van der Waals surface area (Å²) in [6.45, 7) is 13.1. The van der Waals surface area contributed by atoms with E-state index < -0.39 is 0 Å². The highest BCUT2D eigenvalue weighted by Gasteiger charge is 2.15. The Hall–Kier alpha value is 0.532. The van der Waals surface area contributed by atoms with E-state index in [1.807, 2.05) is 0 Å². The minimum atomic E-state index is 0. The maximum atomic E-state index is 3.89. The zero-order chi connectivity index (χ0) is 8.15. The van der Waals surface area contributed by atoms with E-state index >= 15 is 0 Å². The van der Waals surface area contributed by atoms with E-state index in [0.29, 0.717) is 0 Å². The van der Waals surface area contributed by atoms with Crippen molar-refractivity contribution in [3.05, 3.63) is 6.92 Å². The summed E-state index contributed by atoms with van der Waals surface area (Å²) in [7, 11) is 0. The molecule has 0 aliphatic rings. The Morgan fingerprint density at radius 1 is 1.00 bits per heavy atom. The van der Waals surface area contributed by atoms with Gasteiger partial charge in [-0.05, 0) is 24.2 Å². The van der Waals surface area contributed by atoms with Crippen molar-refractivity contribution in [2.24, 2.45) is 17.8 Å². The van der Waals surface area contributed by atoms with Gasteiger partial charge in [0, 0.05) is 0 Å². The Bertz CT molecular complexity index is 68.9. The van der Waals surface area contributed by atoms with Crippen molar-refractivity contribution in [1.82, 2.24) is 0 Å². The molecule has 0 rings (SSSR count). The SMILES string of the molecule is [AlH3].[CH2]CCC(C(C)C)C(C)C. The predicted octanol–water partition coefficient (Wildman–Crippen LogP) is 2.34. The molecule has 0 aromatic rings. The zero-order valence-electron chi connectivity index (χ0n) is 7.85. The summed E-state index contributed by atoms with van der Waals surface area (Å²) in [6.07, 6.45) is 2.37. The first kappa shape index (κ1) is 14.1. The molecule has 0 aromatic carbocycles. The molecule has 0 N–H and O–H groups in total. The molecular formula is C10H24Al. The van der Waals surface area contributed by atoms with Gasteiger partial charge < -0.3 is 0 Å². The van der Waals surface area contributed by atoms with E-state index in [-0.39, 0.29) is 17.4 Å². The molecule has 0 aliphatic heterocycles. The van der Waals surface area contributed by atoms with Crippen molar-refractivity contribution < 1.29 is 0 Å². The molecule has 0 nitrogen and oxygen atoms in total. The normalized spacial score (nSPS) is 10.9. The number of rotatable bonds is 4. The minimum absolute atomic E-state index is 0. The highest BCUT2D eigenvalue weighted by molar-refractivity contribution is 5.75. The molecule has 0 aromatic heterocycles. The molecule has 67 valence electrons. The van der Waals surface area contributed by atoms with Crippen LogP contribution in [0.1, 0.15) is 40.5 Å². The van der Waals surface area contributed by atoms with Crippen LogP contribution in [0.2, 0.25) is 0 Å². The second kappa shape index (κ2) is 7.20. The zero-order valence-corrected chi connectivity index (χ0v) is 7.85. The van der Waals surface area contributed by atoms with Crippen LogP contribution < -0.4 is 0 Å². The lowest BCUT2D eigenvalue weighted by Crippen LogP contribution is -2.14. The molecule has 0 spiro atoms. The van der Waals surface area contributed by atoms with Gasteiger partial charge in [0.2, 0.25) is 0 Å². The highest BCUT2D eigenvalue weighted by atomic mass is 27.0. The van der Waals surface area contributed by atoms with Crippen LogP contribution in [0.3, 0.4) is 0 Å². The Labute approximate surface area is 82.9 Å². The van der Waals surface area contributed by atoms with Crippen LogP contribution in [-0.2, 0) is 0 Å². The van der Waals surface area contributed by atoms with Gasteiger partial charge in [-0.15, -0.1) is 0 Å². The summed E-state index contributed by atoms with van der Waals surface area (Å²) in [5.74, 6) is 2.51. The summed E-state index contributed by atoms with van der Waals surface area (Å²) in [4.78, 5) is 0. The van der Waals surface area contributed by atoms with Crippen molar-refractivity contribution >= 4 is 17.4 Å². The van der Waals surface area contributed by atoms with Crippen LogP contribution in [0, 0.1) is 24.7 Å². The van der Waals surface area contributed by atoms with Crippen LogP contribution in [0.15, 0.2) is 0 Å². The molecular weight excluding hydrogens is 147 g/mol. The molecule has 0 saturated heterocycles. The second-order valence-corrected chi connectivity index (χ2v) is 3.79. The third-order valence-corrected chi connectivity index (χ3v) is 2.25. The van der Waals surface area contributed by atoms with Gasteiger partial charge in [0.25, 0.3) is 0 Å². The highest BCUT2D eigenvalue weighted by Crippen LogP contribution is 2.24. The monoisotopic (exact) mass is 171 g/mol. The van der Waals surface area contributed by atoms with Gasteiger partial charge in [0.15, 0.2) is 17.4 Å². The Morgan fingerprint density at radius 2 is 1.36 bits per heavy atom. The van der Waals surface area contributed by atoms with E-state index in [4.69, 9.17) is 0 Å². The summed E-state index contributed by atoms with van der Waals surface area (Å²) in [5.41, 5.74) is 0. The Morgan fingerprint density at radius 3 is 1.45 bits per heavy atom. The first-order valence-corrected chi connectivity index (χ1v) is 4.38. The van der Waals surface area contributed by atoms with E-state index in [2.05, 4.69) is 34.6 Å². The first-order chi connectivity index (χ1) is 4.59. The van der Waals surface area contributed by atoms with Crippen molar-refractivity contribution in [3.8, 4) is 0 Å². The van der Waals surface area contributed by atoms with Gasteiger partial charge in [-0.25, -0.2) is 0 Å². The lowest BCUT2D eigenvalue weighted by atomic mass is 9.82. The molecule has 1 radical (unpaired) electrons. The fourth-order valence-electron chi connectivity index (χ4n) is 1.67. The average molecular weight is 171 g/mol. The van der Waals surface area contributed by atoms with E-state index in [1.54, 1.807) is 0 Å². The number of hydrogen-bond acceptors (Lipinski definition) is 0. The second-order valence-electron chi connectivity index (χ2n) is 3.79. The van der Waals surface area contributed by atoms with E-state index in [9.17, 15) is 0 Å². The van der Waals surface area contributed by atoms with Crippen LogP contribution in [0.25, 0.3) is 0 Å². The van der Waals surface area contributed by atoms with Gasteiger partial charge in [0.05, 0.1) is 0 Å². The molecule has 0 fully saturated rings. The van der Waals surface area contributed by atoms with Gasteiger partial charge in [-0.1, -0.05) is 41.0 Å². The van der Waals surface area contributed by atoms with Crippen molar-refractivity contribution in [2.45, 2.75) is 40.5 Å². The maximum Gasteiger partial charge on any atom is 0.187 e. The standard InChI is InChI=1S/C10H21.Al.3H/c1-6-7-10(8(2)3)9(4)5;;;;/h8-10H,1,6-7H2,2-5H3;;;;. The summed E-state index contributed by atoms with van der Waals surface area (Å²) < 4.78 is 0. The van der Waals surface area contributed by atoms with Gasteiger partial charge in [-0.3, -0.25) is 0 Å². The first-order valence-electron chi connectivity index (χ1n) is 4.38. The van der Waals surface area contributed by atoms with Crippen LogP contribution in [-0.4, -0.2) is 17.4 Å². The Balaban J connectivity index is 0. The molecule has 0 amide bonds. The van der Waals surface area contributed by atoms with Crippen LogP contribution in [0.5, 0.6) is 0 Å². The molecule has 0 aliphatic carbocycles. The summed E-state index contributed by atoms with van der Waals surface area (Å²) in [5, 5.41) is 0. The number of hydrogen-bond donors (Lipinski definition) is 0. The average Bonchev–Trinajstić information content (AvgIpc) is 1.81. The molecule has 0 saturated carbocycles. The lowest BCUT2D eigenvalue weighted by Gasteiger charge is -2.23. The summed E-state index contributed by atoms with van der Waals surface area (Å²) >= 11 is 0. The lowest BCUT2D eigenvalue weighted by molar-refractivity contribution is 0.271. The largest absolute Gasteiger partial charge is 0.187 e. The van der Waals surface area contributed by atoms with Crippen LogP contribution in [0.4, 0.5) is 0 Å². The third-order valence-electron chi connectivity index (χ3n) is 2.25. The molecule has 0 heterocycles. The van der Waals surface area contributed by atoms with Crippen molar-refractivity contribution in [1.29, 1.82) is 0 Å². The fraction of sp³-hybridized carbons (Fsp3) is 0.900. The van der Waals surface area contributed by atoms with Crippen molar-refractivity contribution in [3.63, 3.8) is 0 Å². The summed E-state index contributed by atoms with van der Waals surface area (Å²) in [6, 6.07) is 0. The van der Waals surface area contributed by atoms with Gasteiger partial charge in [0.1, 0.15) is 0 Å². The maximum absolute atomic E-state index is 3.89. The topological polar surface area (TPSA) is 0 Å². The van der Waals surface area contributed by atoms with Gasteiger partial charge >= 0.3 is 0 Å². The molecule has 0 unspecified atom stereocenters. The van der Waals surface area contributed by atoms with Crippen molar-refractivity contribution in [2.75, 3.05) is 0 Å². The molecule has 0 bridgehead atoms. The van der Waals surface area contributed by atoms with E-state index in [1.165, 1.54) is 6.42 Å². The smallest absolute Gasteiger partial charge is 0.0625 e. The molecule has 0 atom stereocenters. The quantitative estimate of drug-likeness (QED) is 0.570. The predicted molar refractivity (Wildman–Crippen MR) is 57.7 cm³/mol.